The summed E-state index contributed by atoms with van der Waals surface area (Å²) in [5, 5.41) is 3.38. The van der Waals surface area contributed by atoms with Gasteiger partial charge in [0.15, 0.2) is 0 Å². The van der Waals surface area contributed by atoms with Crippen molar-refractivity contribution >= 4 is 0 Å². The van der Waals surface area contributed by atoms with E-state index in [1.54, 1.807) is 6.20 Å². The van der Waals surface area contributed by atoms with Crippen LogP contribution in [0.1, 0.15) is 25.3 Å². The molecule has 4 nitrogen and oxygen atoms in total. The first kappa shape index (κ1) is 13.3. The molecule has 1 aliphatic heterocycles. The van der Waals surface area contributed by atoms with Gasteiger partial charge in [0.2, 0.25) is 0 Å². The molecule has 1 aromatic heterocycles. The first-order chi connectivity index (χ1) is 8.90. The molecule has 0 aromatic carbocycles. The van der Waals surface area contributed by atoms with E-state index in [9.17, 15) is 0 Å². The Morgan fingerprint density at radius 3 is 3.28 bits per heavy atom. The molecule has 0 radical (unpaired) electrons. The predicted octanol–water partition coefficient (Wildman–Crippen LogP) is 2.00. The molecule has 2 heterocycles. The minimum Gasteiger partial charge on any atom is -0.493 e. The number of aromatic nitrogens is 1. The first-order valence-electron chi connectivity index (χ1n) is 6.74. The second-order valence-corrected chi connectivity index (χ2v) is 4.70. The average Bonchev–Trinajstić information content (AvgIpc) is 2.91. The van der Waals surface area contributed by atoms with E-state index in [2.05, 4.69) is 17.2 Å². The van der Waals surface area contributed by atoms with Crippen LogP contribution in [0.3, 0.4) is 0 Å². The van der Waals surface area contributed by atoms with Crippen LogP contribution in [-0.4, -0.2) is 31.3 Å². The zero-order valence-corrected chi connectivity index (χ0v) is 11.0. The molecule has 2 rings (SSSR count). The van der Waals surface area contributed by atoms with Crippen molar-refractivity contribution in [2.24, 2.45) is 5.92 Å². The summed E-state index contributed by atoms with van der Waals surface area (Å²) in [5.74, 6) is 1.48. The van der Waals surface area contributed by atoms with E-state index in [1.807, 2.05) is 12.3 Å². The van der Waals surface area contributed by atoms with Crippen molar-refractivity contribution in [1.82, 2.24) is 10.3 Å². The summed E-state index contributed by atoms with van der Waals surface area (Å²) >= 11 is 0. The van der Waals surface area contributed by atoms with E-state index < -0.39 is 0 Å². The van der Waals surface area contributed by atoms with E-state index in [0.29, 0.717) is 5.92 Å². The second-order valence-electron chi connectivity index (χ2n) is 4.70. The third-order valence-corrected chi connectivity index (χ3v) is 3.10. The molecular formula is C14H22N2O2. The molecule has 100 valence electrons. The number of nitrogens with zero attached hydrogens (tertiary/aromatic N) is 1. The normalized spacial score (nSPS) is 19.1. The lowest BCUT2D eigenvalue weighted by Gasteiger charge is -2.14. The van der Waals surface area contributed by atoms with Gasteiger partial charge < -0.3 is 14.8 Å². The average molecular weight is 250 g/mol. The molecule has 0 bridgehead atoms. The SMILES string of the molecule is CCCNCc1cnccc1OCC1CCOC1. The van der Waals surface area contributed by atoms with Gasteiger partial charge >= 0.3 is 0 Å². The Morgan fingerprint density at radius 1 is 1.56 bits per heavy atom. The van der Waals surface area contributed by atoms with Crippen LogP contribution >= 0.6 is 0 Å². The maximum Gasteiger partial charge on any atom is 0.126 e. The van der Waals surface area contributed by atoms with Crippen molar-refractivity contribution in [1.29, 1.82) is 0 Å². The molecule has 4 heteroatoms. The van der Waals surface area contributed by atoms with E-state index in [1.165, 1.54) is 0 Å². The lowest BCUT2D eigenvalue weighted by Crippen LogP contribution is -2.16. The Hall–Kier alpha value is -1.13. The third-order valence-electron chi connectivity index (χ3n) is 3.10. The Balaban J connectivity index is 1.85. The summed E-state index contributed by atoms with van der Waals surface area (Å²) in [6, 6.07) is 1.94. The highest BCUT2D eigenvalue weighted by Gasteiger charge is 2.16. The maximum atomic E-state index is 5.89. The number of rotatable bonds is 7. The number of pyridine rings is 1. The minimum absolute atomic E-state index is 0.537. The van der Waals surface area contributed by atoms with Gasteiger partial charge in [-0.25, -0.2) is 0 Å². The lowest BCUT2D eigenvalue weighted by atomic mass is 10.1. The standard InChI is InChI=1S/C14H22N2O2/c1-2-5-15-8-13-9-16-6-3-14(13)18-11-12-4-7-17-10-12/h3,6,9,12,15H,2,4-5,7-8,10-11H2,1H3. The van der Waals surface area contributed by atoms with Crippen molar-refractivity contribution in [3.05, 3.63) is 24.0 Å². The number of hydrogen-bond donors (Lipinski definition) is 1. The molecular weight excluding hydrogens is 228 g/mol. The van der Waals surface area contributed by atoms with Crippen molar-refractivity contribution in [2.45, 2.75) is 26.3 Å². The van der Waals surface area contributed by atoms with Gasteiger partial charge in [0.25, 0.3) is 0 Å². The number of ether oxygens (including phenoxy) is 2. The molecule has 0 aliphatic carbocycles. The van der Waals surface area contributed by atoms with Crippen LogP contribution in [-0.2, 0) is 11.3 Å². The summed E-state index contributed by atoms with van der Waals surface area (Å²) in [6.07, 6.45) is 5.90. The third kappa shape index (κ3) is 3.96. The molecule has 1 aliphatic rings. The Kier molecular flexibility index (Phi) is 5.42. The van der Waals surface area contributed by atoms with Crippen LogP contribution in [0.5, 0.6) is 5.75 Å². The highest BCUT2D eigenvalue weighted by molar-refractivity contribution is 5.29. The first-order valence-corrected chi connectivity index (χ1v) is 6.74. The van der Waals surface area contributed by atoms with Crippen molar-refractivity contribution in [2.75, 3.05) is 26.4 Å². The minimum atomic E-state index is 0.537. The quantitative estimate of drug-likeness (QED) is 0.752. The molecule has 1 N–H and O–H groups in total. The summed E-state index contributed by atoms with van der Waals surface area (Å²) < 4.78 is 11.2. The van der Waals surface area contributed by atoms with Gasteiger partial charge in [-0.15, -0.1) is 0 Å². The van der Waals surface area contributed by atoms with Crippen LogP contribution in [0.15, 0.2) is 18.5 Å². The Morgan fingerprint density at radius 2 is 2.50 bits per heavy atom. The second kappa shape index (κ2) is 7.34. The van der Waals surface area contributed by atoms with Crippen LogP contribution < -0.4 is 10.1 Å². The molecule has 0 spiro atoms. The van der Waals surface area contributed by atoms with Gasteiger partial charge in [0.1, 0.15) is 5.75 Å². The van der Waals surface area contributed by atoms with Crippen molar-refractivity contribution < 1.29 is 9.47 Å². The lowest BCUT2D eigenvalue weighted by molar-refractivity contribution is 0.166. The smallest absolute Gasteiger partial charge is 0.126 e. The van der Waals surface area contributed by atoms with Crippen molar-refractivity contribution in [3.63, 3.8) is 0 Å². The van der Waals surface area contributed by atoms with Crippen LogP contribution in [0.4, 0.5) is 0 Å². The van der Waals surface area contributed by atoms with E-state index in [-0.39, 0.29) is 0 Å². The van der Waals surface area contributed by atoms with Gasteiger partial charge in [-0.05, 0) is 25.5 Å². The molecule has 1 fully saturated rings. The van der Waals surface area contributed by atoms with Crippen LogP contribution in [0.25, 0.3) is 0 Å². The largest absolute Gasteiger partial charge is 0.493 e. The zero-order valence-electron chi connectivity index (χ0n) is 11.0. The van der Waals surface area contributed by atoms with E-state index in [0.717, 1.165) is 57.1 Å². The summed E-state index contributed by atoms with van der Waals surface area (Å²) in [7, 11) is 0. The fourth-order valence-corrected chi connectivity index (χ4v) is 2.01. The van der Waals surface area contributed by atoms with Crippen LogP contribution in [0, 0.1) is 5.92 Å². The molecule has 0 saturated carbocycles. The van der Waals surface area contributed by atoms with Gasteiger partial charge in [0.05, 0.1) is 13.2 Å². The molecule has 1 aromatic rings. The summed E-state index contributed by atoms with van der Waals surface area (Å²) in [4.78, 5) is 4.16. The highest BCUT2D eigenvalue weighted by atomic mass is 16.5. The highest BCUT2D eigenvalue weighted by Crippen LogP contribution is 2.19. The Bertz CT molecular complexity index is 351. The Labute approximate surface area is 109 Å². The van der Waals surface area contributed by atoms with Crippen molar-refractivity contribution in [3.8, 4) is 5.75 Å². The zero-order chi connectivity index (χ0) is 12.6. The predicted molar refractivity (Wildman–Crippen MR) is 70.7 cm³/mol. The number of nitrogens with one attached hydrogen (secondary N) is 1. The summed E-state index contributed by atoms with van der Waals surface area (Å²) in [6.45, 7) is 6.44. The molecule has 18 heavy (non-hydrogen) atoms. The van der Waals surface area contributed by atoms with Gasteiger partial charge in [-0.2, -0.15) is 0 Å². The molecule has 1 atom stereocenters. The monoisotopic (exact) mass is 250 g/mol. The molecule has 1 unspecified atom stereocenters. The van der Waals surface area contributed by atoms with E-state index >= 15 is 0 Å². The molecule has 0 amide bonds. The number of hydrogen-bond acceptors (Lipinski definition) is 4. The fourth-order valence-electron chi connectivity index (χ4n) is 2.01. The van der Waals surface area contributed by atoms with Crippen LogP contribution in [0.2, 0.25) is 0 Å². The van der Waals surface area contributed by atoms with Gasteiger partial charge in [-0.3, -0.25) is 4.98 Å². The molecule has 1 saturated heterocycles. The maximum absolute atomic E-state index is 5.89. The van der Waals surface area contributed by atoms with Gasteiger partial charge in [0, 0.05) is 37.0 Å². The summed E-state index contributed by atoms with van der Waals surface area (Å²) in [5.41, 5.74) is 1.13. The van der Waals surface area contributed by atoms with E-state index in [4.69, 9.17) is 9.47 Å². The van der Waals surface area contributed by atoms with Gasteiger partial charge in [-0.1, -0.05) is 6.92 Å². The topological polar surface area (TPSA) is 43.4 Å². The fraction of sp³-hybridized carbons (Fsp3) is 0.643.